The molecule has 3 aromatic rings. The molecule has 2 heterocycles. The van der Waals surface area contributed by atoms with Crippen LogP contribution in [0.25, 0.3) is 5.69 Å². The zero-order valence-corrected chi connectivity index (χ0v) is 18.4. The lowest BCUT2D eigenvalue weighted by atomic mass is 10.0. The first kappa shape index (κ1) is 21.3. The van der Waals surface area contributed by atoms with E-state index in [-0.39, 0.29) is 5.91 Å². The third-order valence-electron chi connectivity index (χ3n) is 5.91. The predicted octanol–water partition coefficient (Wildman–Crippen LogP) is 3.29. The maximum Gasteiger partial charge on any atom is 0.271 e. The number of nitrogens with one attached hydrogen (secondary N) is 1. The summed E-state index contributed by atoms with van der Waals surface area (Å²) in [5.41, 5.74) is 3.73. The van der Waals surface area contributed by atoms with E-state index in [1.54, 1.807) is 0 Å². The Labute approximate surface area is 184 Å². The Balaban J connectivity index is 1.31. The van der Waals surface area contributed by atoms with Crippen molar-refractivity contribution in [3.63, 3.8) is 0 Å². The van der Waals surface area contributed by atoms with Crippen LogP contribution in [-0.2, 0) is 0 Å². The van der Waals surface area contributed by atoms with Gasteiger partial charge in [-0.2, -0.15) is 5.10 Å². The number of nitrogens with zero attached hydrogens (tertiary/aromatic N) is 4. The van der Waals surface area contributed by atoms with Gasteiger partial charge in [0.25, 0.3) is 5.91 Å². The van der Waals surface area contributed by atoms with Gasteiger partial charge in [-0.3, -0.25) is 9.69 Å². The van der Waals surface area contributed by atoms with Crippen LogP contribution in [-0.4, -0.2) is 65.3 Å². The number of carbonyl (C=O) groups excluding carboxylic acids is 1. The van der Waals surface area contributed by atoms with Crippen molar-refractivity contribution in [1.82, 2.24) is 24.9 Å². The number of para-hydroxylation sites is 1. The summed E-state index contributed by atoms with van der Waals surface area (Å²) in [5, 5.41) is 7.54. The lowest BCUT2D eigenvalue weighted by molar-refractivity contribution is 0.0864. The number of carbonyl (C=O) groups is 1. The summed E-state index contributed by atoms with van der Waals surface area (Å²) in [6.45, 7) is 6.73. The number of aryl methyl sites for hydroxylation is 1. The number of hydrogen-bond acceptors (Lipinski definition) is 4. The number of aromatic nitrogens is 2. The number of piperazine rings is 1. The van der Waals surface area contributed by atoms with Gasteiger partial charge in [-0.1, -0.05) is 48.5 Å². The van der Waals surface area contributed by atoms with E-state index in [1.165, 1.54) is 5.56 Å². The highest BCUT2D eigenvalue weighted by Gasteiger charge is 2.26. The highest BCUT2D eigenvalue weighted by molar-refractivity contribution is 5.92. The molecule has 6 heteroatoms. The van der Waals surface area contributed by atoms with E-state index in [2.05, 4.69) is 57.6 Å². The standard InChI is InChI=1S/C25H31N5O/c1-20-18-23(27-30(20)22-12-7-4-8-13-22)25(31)26-14-9-15-29-17-16-28(2)19-24(29)21-10-5-3-6-11-21/h3-8,10-13,18,24H,9,14-17,19H2,1-2H3,(H,26,31). The minimum Gasteiger partial charge on any atom is -0.351 e. The van der Waals surface area contributed by atoms with E-state index in [0.29, 0.717) is 18.3 Å². The Bertz CT molecular complexity index is 986. The van der Waals surface area contributed by atoms with Gasteiger partial charge in [0.15, 0.2) is 5.69 Å². The Hall–Kier alpha value is -2.96. The average Bonchev–Trinajstić information content (AvgIpc) is 3.20. The molecular formula is C25H31N5O. The van der Waals surface area contributed by atoms with Gasteiger partial charge in [0.2, 0.25) is 0 Å². The number of benzene rings is 2. The van der Waals surface area contributed by atoms with E-state index < -0.39 is 0 Å². The van der Waals surface area contributed by atoms with Crippen LogP contribution in [0.1, 0.15) is 34.2 Å². The van der Waals surface area contributed by atoms with Crippen molar-refractivity contribution < 1.29 is 4.79 Å². The Morgan fingerprint density at radius 1 is 1.06 bits per heavy atom. The zero-order valence-electron chi connectivity index (χ0n) is 18.4. The number of likely N-dealkylation sites (N-methyl/N-ethyl adjacent to an activating group) is 1. The van der Waals surface area contributed by atoms with Crippen LogP contribution in [0.15, 0.2) is 66.7 Å². The predicted molar refractivity (Wildman–Crippen MR) is 124 cm³/mol. The molecule has 1 N–H and O–H groups in total. The van der Waals surface area contributed by atoms with Gasteiger partial charge in [-0.15, -0.1) is 0 Å². The molecule has 1 amide bonds. The molecule has 0 radical (unpaired) electrons. The summed E-state index contributed by atoms with van der Waals surface area (Å²) in [6.07, 6.45) is 0.914. The van der Waals surface area contributed by atoms with Crippen molar-refractivity contribution in [2.75, 3.05) is 39.8 Å². The molecule has 1 aromatic heterocycles. The molecule has 1 aliphatic heterocycles. The monoisotopic (exact) mass is 417 g/mol. The minimum atomic E-state index is -0.115. The molecule has 1 unspecified atom stereocenters. The van der Waals surface area contributed by atoms with E-state index in [1.807, 2.05) is 48.0 Å². The second kappa shape index (κ2) is 9.90. The molecule has 2 aromatic carbocycles. The largest absolute Gasteiger partial charge is 0.351 e. The molecule has 0 saturated carbocycles. The summed E-state index contributed by atoms with van der Waals surface area (Å²) < 4.78 is 1.81. The average molecular weight is 418 g/mol. The molecule has 1 aliphatic rings. The van der Waals surface area contributed by atoms with Crippen molar-refractivity contribution in [3.8, 4) is 5.69 Å². The van der Waals surface area contributed by atoms with E-state index >= 15 is 0 Å². The van der Waals surface area contributed by atoms with Gasteiger partial charge in [0.05, 0.1) is 5.69 Å². The SMILES string of the molecule is Cc1cc(C(=O)NCCCN2CCN(C)CC2c2ccccc2)nn1-c1ccccc1. The van der Waals surface area contributed by atoms with Crippen LogP contribution in [0.3, 0.4) is 0 Å². The maximum absolute atomic E-state index is 12.6. The smallest absolute Gasteiger partial charge is 0.271 e. The van der Waals surface area contributed by atoms with Gasteiger partial charge in [0.1, 0.15) is 0 Å². The fourth-order valence-electron chi connectivity index (χ4n) is 4.21. The normalized spacial score (nSPS) is 17.5. The summed E-state index contributed by atoms with van der Waals surface area (Å²) in [6, 6.07) is 22.8. The first-order valence-corrected chi connectivity index (χ1v) is 11.0. The van der Waals surface area contributed by atoms with Gasteiger partial charge < -0.3 is 10.2 Å². The first-order valence-electron chi connectivity index (χ1n) is 11.0. The molecule has 0 spiro atoms. The molecule has 1 fully saturated rings. The summed E-state index contributed by atoms with van der Waals surface area (Å²) >= 11 is 0. The fourth-order valence-corrected chi connectivity index (χ4v) is 4.21. The molecule has 1 atom stereocenters. The molecule has 162 valence electrons. The lowest BCUT2D eigenvalue weighted by Crippen LogP contribution is -2.47. The number of rotatable bonds is 7. The highest BCUT2D eigenvalue weighted by Crippen LogP contribution is 2.24. The maximum atomic E-state index is 12.6. The first-order chi connectivity index (χ1) is 15.1. The number of amides is 1. The van der Waals surface area contributed by atoms with Crippen molar-refractivity contribution in [1.29, 1.82) is 0 Å². The zero-order chi connectivity index (χ0) is 21.6. The van der Waals surface area contributed by atoms with Crippen molar-refractivity contribution in [3.05, 3.63) is 83.7 Å². The van der Waals surface area contributed by atoms with Crippen molar-refractivity contribution in [2.24, 2.45) is 0 Å². The quantitative estimate of drug-likeness (QED) is 0.600. The van der Waals surface area contributed by atoms with Gasteiger partial charge in [0, 0.05) is 44.5 Å². The van der Waals surface area contributed by atoms with Crippen LogP contribution in [0.5, 0.6) is 0 Å². The molecule has 4 rings (SSSR count). The van der Waals surface area contributed by atoms with Gasteiger partial charge in [-0.05, 0) is 44.2 Å². The molecule has 0 aliphatic carbocycles. The van der Waals surface area contributed by atoms with Crippen molar-refractivity contribution in [2.45, 2.75) is 19.4 Å². The third-order valence-corrected chi connectivity index (χ3v) is 5.91. The van der Waals surface area contributed by atoms with E-state index in [0.717, 1.165) is 44.0 Å². The number of hydrogen-bond donors (Lipinski definition) is 1. The molecule has 6 nitrogen and oxygen atoms in total. The highest BCUT2D eigenvalue weighted by atomic mass is 16.1. The van der Waals surface area contributed by atoms with Crippen LogP contribution in [0, 0.1) is 6.92 Å². The van der Waals surface area contributed by atoms with Crippen LogP contribution >= 0.6 is 0 Å². The molecule has 1 saturated heterocycles. The van der Waals surface area contributed by atoms with Crippen LogP contribution in [0.4, 0.5) is 0 Å². The second-order valence-electron chi connectivity index (χ2n) is 8.25. The summed E-state index contributed by atoms with van der Waals surface area (Å²) in [4.78, 5) is 17.5. The Kier molecular flexibility index (Phi) is 6.79. The van der Waals surface area contributed by atoms with E-state index in [4.69, 9.17) is 0 Å². The second-order valence-corrected chi connectivity index (χ2v) is 8.25. The third kappa shape index (κ3) is 5.21. The molecular weight excluding hydrogens is 386 g/mol. The summed E-state index contributed by atoms with van der Waals surface area (Å²) in [5.74, 6) is -0.115. The lowest BCUT2D eigenvalue weighted by Gasteiger charge is -2.40. The fraction of sp³-hybridized carbons (Fsp3) is 0.360. The Morgan fingerprint density at radius 3 is 2.52 bits per heavy atom. The van der Waals surface area contributed by atoms with Gasteiger partial charge in [-0.25, -0.2) is 4.68 Å². The Morgan fingerprint density at radius 2 is 1.77 bits per heavy atom. The van der Waals surface area contributed by atoms with Gasteiger partial charge >= 0.3 is 0 Å². The molecule has 31 heavy (non-hydrogen) atoms. The topological polar surface area (TPSA) is 53.4 Å². The summed E-state index contributed by atoms with van der Waals surface area (Å²) in [7, 11) is 2.18. The minimum absolute atomic E-state index is 0.115. The van der Waals surface area contributed by atoms with E-state index in [9.17, 15) is 4.79 Å². The van der Waals surface area contributed by atoms with Crippen LogP contribution < -0.4 is 5.32 Å². The van der Waals surface area contributed by atoms with Crippen LogP contribution in [0.2, 0.25) is 0 Å². The van der Waals surface area contributed by atoms with Crippen molar-refractivity contribution >= 4 is 5.91 Å². The molecule has 0 bridgehead atoms.